The van der Waals surface area contributed by atoms with E-state index in [0.29, 0.717) is 0 Å². The van der Waals surface area contributed by atoms with Gasteiger partial charge in [0.1, 0.15) is 0 Å². The summed E-state index contributed by atoms with van der Waals surface area (Å²) in [6.07, 6.45) is 7.04. The van der Waals surface area contributed by atoms with Crippen molar-refractivity contribution in [2.24, 2.45) is 5.92 Å². The Morgan fingerprint density at radius 3 is 2.89 bits per heavy atom. The molecule has 0 atom stereocenters. The van der Waals surface area contributed by atoms with Crippen LogP contribution in [-0.4, -0.2) is 30.7 Å². The summed E-state index contributed by atoms with van der Waals surface area (Å²) in [5.74, 6) is 1.85. The minimum Gasteiger partial charge on any atom is -0.360 e. The molecule has 0 aromatic carbocycles. The summed E-state index contributed by atoms with van der Waals surface area (Å²) in [7, 11) is 4.10. The van der Waals surface area contributed by atoms with Crippen molar-refractivity contribution in [3.63, 3.8) is 0 Å². The van der Waals surface area contributed by atoms with E-state index in [1.54, 1.807) is 0 Å². The summed E-state index contributed by atoms with van der Waals surface area (Å²) in [5.41, 5.74) is 0.985. The SMILES string of the molecule is CNCc1cc(CN(C)CC2CCCCC2)on1. The molecule has 4 heteroatoms. The van der Waals surface area contributed by atoms with Gasteiger partial charge in [-0.25, -0.2) is 0 Å². The van der Waals surface area contributed by atoms with Crippen LogP contribution < -0.4 is 5.32 Å². The van der Waals surface area contributed by atoms with Crippen molar-refractivity contribution in [2.45, 2.75) is 45.2 Å². The predicted molar refractivity (Wildman–Crippen MR) is 72.2 cm³/mol. The molecule has 1 saturated carbocycles. The van der Waals surface area contributed by atoms with Crippen LogP contribution in [0.2, 0.25) is 0 Å². The highest BCUT2D eigenvalue weighted by atomic mass is 16.5. The Balaban J connectivity index is 1.76. The van der Waals surface area contributed by atoms with Crippen molar-refractivity contribution >= 4 is 0 Å². The molecule has 0 bridgehead atoms. The zero-order valence-corrected chi connectivity index (χ0v) is 11.6. The predicted octanol–water partition coefficient (Wildman–Crippen LogP) is 2.41. The Hall–Kier alpha value is -0.870. The molecule has 1 N–H and O–H groups in total. The molecule has 0 unspecified atom stereocenters. The van der Waals surface area contributed by atoms with Crippen molar-refractivity contribution in [1.29, 1.82) is 0 Å². The van der Waals surface area contributed by atoms with Crippen LogP contribution in [0.15, 0.2) is 10.6 Å². The van der Waals surface area contributed by atoms with E-state index in [0.717, 1.165) is 30.5 Å². The van der Waals surface area contributed by atoms with Gasteiger partial charge in [0.2, 0.25) is 0 Å². The van der Waals surface area contributed by atoms with Gasteiger partial charge in [-0.1, -0.05) is 24.4 Å². The van der Waals surface area contributed by atoms with Gasteiger partial charge in [-0.2, -0.15) is 0 Å². The molecule has 0 saturated heterocycles. The molecular weight excluding hydrogens is 226 g/mol. The minimum absolute atomic E-state index is 0.774. The fourth-order valence-electron chi connectivity index (χ4n) is 2.84. The summed E-state index contributed by atoms with van der Waals surface area (Å²) in [6, 6.07) is 2.05. The first kappa shape index (κ1) is 13.6. The van der Waals surface area contributed by atoms with Crippen LogP contribution in [0.3, 0.4) is 0 Å². The molecule has 1 aliphatic rings. The van der Waals surface area contributed by atoms with Crippen molar-refractivity contribution in [2.75, 3.05) is 20.6 Å². The van der Waals surface area contributed by atoms with Crippen LogP contribution in [-0.2, 0) is 13.1 Å². The molecule has 0 spiro atoms. The third-order valence-corrected chi connectivity index (χ3v) is 3.69. The second-order valence-corrected chi connectivity index (χ2v) is 5.52. The van der Waals surface area contributed by atoms with Gasteiger partial charge in [0.05, 0.1) is 12.2 Å². The van der Waals surface area contributed by atoms with E-state index in [9.17, 15) is 0 Å². The maximum Gasteiger partial charge on any atom is 0.151 e. The lowest BCUT2D eigenvalue weighted by Crippen LogP contribution is -2.26. The molecular formula is C14H25N3O. The number of nitrogens with one attached hydrogen (secondary N) is 1. The maximum absolute atomic E-state index is 5.35. The van der Waals surface area contributed by atoms with Crippen molar-refractivity contribution in [3.8, 4) is 0 Å². The number of hydrogen-bond acceptors (Lipinski definition) is 4. The molecule has 0 radical (unpaired) electrons. The normalized spacial score (nSPS) is 17.5. The van der Waals surface area contributed by atoms with Crippen LogP contribution in [0, 0.1) is 5.92 Å². The topological polar surface area (TPSA) is 41.3 Å². The van der Waals surface area contributed by atoms with Crippen molar-refractivity contribution < 1.29 is 4.52 Å². The Labute approximate surface area is 110 Å². The zero-order valence-electron chi connectivity index (χ0n) is 11.6. The second kappa shape index (κ2) is 6.90. The van der Waals surface area contributed by atoms with Crippen LogP contribution in [0.4, 0.5) is 0 Å². The quantitative estimate of drug-likeness (QED) is 0.843. The van der Waals surface area contributed by atoms with Gasteiger partial charge in [0.25, 0.3) is 0 Å². The van der Waals surface area contributed by atoms with Gasteiger partial charge < -0.3 is 9.84 Å². The minimum atomic E-state index is 0.774. The zero-order chi connectivity index (χ0) is 12.8. The van der Waals surface area contributed by atoms with Crippen LogP contribution in [0.5, 0.6) is 0 Å². The summed E-state index contributed by atoms with van der Waals surface area (Å²) in [5, 5.41) is 7.12. The van der Waals surface area contributed by atoms with Gasteiger partial charge in [-0.15, -0.1) is 0 Å². The highest BCUT2D eigenvalue weighted by Crippen LogP contribution is 2.24. The van der Waals surface area contributed by atoms with Gasteiger partial charge in [0.15, 0.2) is 5.76 Å². The molecule has 1 aromatic heterocycles. The molecule has 0 aliphatic heterocycles. The number of nitrogens with zero attached hydrogens (tertiary/aromatic N) is 2. The average Bonchev–Trinajstić information content (AvgIpc) is 2.78. The lowest BCUT2D eigenvalue weighted by atomic mass is 9.89. The largest absolute Gasteiger partial charge is 0.360 e. The summed E-state index contributed by atoms with van der Waals surface area (Å²) >= 11 is 0. The van der Waals surface area contributed by atoms with E-state index in [-0.39, 0.29) is 0 Å². The molecule has 1 heterocycles. The van der Waals surface area contributed by atoms with E-state index in [4.69, 9.17) is 4.52 Å². The highest BCUT2D eigenvalue weighted by molar-refractivity contribution is 5.04. The van der Waals surface area contributed by atoms with E-state index in [1.165, 1.54) is 38.6 Å². The molecule has 18 heavy (non-hydrogen) atoms. The Morgan fingerprint density at radius 2 is 2.17 bits per heavy atom. The first-order chi connectivity index (χ1) is 8.78. The van der Waals surface area contributed by atoms with Crippen molar-refractivity contribution in [3.05, 3.63) is 17.5 Å². The number of rotatable bonds is 6. The summed E-state index contributed by atoms with van der Waals surface area (Å²) in [6.45, 7) is 2.82. The monoisotopic (exact) mass is 251 g/mol. The lowest BCUT2D eigenvalue weighted by molar-refractivity contribution is 0.208. The first-order valence-corrected chi connectivity index (χ1v) is 7.05. The molecule has 4 nitrogen and oxygen atoms in total. The maximum atomic E-state index is 5.35. The summed E-state index contributed by atoms with van der Waals surface area (Å²) in [4.78, 5) is 2.36. The third kappa shape index (κ3) is 4.10. The third-order valence-electron chi connectivity index (χ3n) is 3.69. The van der Waals surface area contributed by atoms with Gasteiger partial charge in [-0.3, -0.25) is 4.90 Å². The molecule has 102 valence electrons. The van der Waals surface area contributed by atoms with Gasteiger partial charge >= 0.3 is 0 Å². The van der Waals surface area contributed by atoms with Gasteiger partial charge in [-0.05, 0) is 32.9 Å². The van der Waals surface area contributed by atoms with E-state index >= 15 is 0 Å². The first-order valence-electron chi connectivity index (χ1n) is 7.05. The van der Waals surface area contributed by atoms with Crippen molar-refractivity contribution in [1.82, 2.24) is 15.4 Å². The van der Waals surface area contributed by atoms with Crippen LogP contribution in [0.25, 0.3) is 0 Å². The molecule has 1 aliphatic carbocycles. The smallest absolute Gasteiger partial charge is 0.151 e. The second-order valence-electron chi connectivity index (χ2n) is 5.52. The highest BCUT2D eigenvalue weighted by Gasteiger charge is 2.16. The van der Waals surface area contributed by atoms with E-state index < -0.39 is 0 Å². The standard InChI is InChI=1S/C14H25N3O/c1-15-9-13-8-14(18-16-13)11-17(2)10-12-6-4-3-5-7-12/h8,12,15H,3-7,9-11H2,1-2H3. The van der Waals surface area contributed by atoms with E-state index in [1.807, 2.05) is 13.1 Å². The van der Waals surface area contributed by atoms with Crippen LogP contribution >= 0.6 is 0 Å². The molecule has 1 aromatic rings. The Morgan fingerprint density at radius 1 is 1.39 bits per heavy atom. The van der Waals surface area contributed by atoms with E-state index in [2.05, 4.69) is 22.4 Å². The molecule has 0 amide bonds. The summed E-state index contributed by atoms with van der Waals surface area (Å²) < 4.78 is 5.35. The molecule has 2 rings (SSSR count). The van der Waals surface area contributed by atoms with Crippen LogP contribution in [0.1, 0.15) is 43.6 Å². The lowest BCUT2D eigenvalue weighted by Gasteiger charge is -2.26. The number of aromatic nitrogens is 1. The Bertz CT molecular complexity index is 345. The van der Waals surface area contributed by atoms with Gasteiger partial charge in [0, 0.05) is 19.2 Å². The Kier molecular flexibility index (Phi) is 5.20. The average molecular weight is 251 g/mol. The number of hydrogen-bond donors (Lipinski definition) is 1. The fourth-order valence-corrected chi connectivity index (χ4v) is 2.84. The molecule has 1 fully saturated rings. The fraction of sp³-hybridized carbons (Fsp3) is 0.786.